The van der Waals surface area contributed by atoms with E-state index in [4.69, 9.17) is 10.5 Å². The Morgan fingerprint density at radius 1 is 0.808 bits per heavy atom. The minimum Gasteiger partial charge on any atom is -0.458 e. The molecule has 0 aliphatic carbocycles. The van der Waals surface area contributed by atoms with Crippen molar-refractivity contribution in [1.29, 1.82) is 0 Å². The van der Waals surface area contributed by atoms with Crippen LogP contribution in [0.2, 0.25) is 0 Å². The second-order valence-electron chi connectivity index (χ2n) is 5.75. The highest BCUT2D eigenvalue weighted by atomic mass is 16.5. The smallest absolute Gasteiger partial charge is 0.345 e. The second-order valence-corrected chi connectivity index (χ2v) is 5.75. The largest absolute Gasteiger partial charge is 0.458 e. The maximum atomic E-state index is 12.3. The molecule has 0 bridgehead atoms. The van der Waals surface area contributed by atoms with Gasteiger partial charge in [0.2, 0.25) is 0 Å². The summed E-state index contributed by atoms with van der Waals surface area (Å²) in [6, 6.07) is 28.8. The summed E-state index contributed by atoms with van der Waals surface area (Å²) in [5.74, 6) is -0.557. The molecule has 4 nitrogen and oxygen atoms in total. The van der Waals surface area contributed by atoms with E-state index in [1.54, 1.807) is 0 Å². The normalized spacial score (nSPS) is 11.4. The first-order valence-electron chi connectivity index (χ1n) is 8.39. The average molecular weight is 344 g/mol. The molecule has 0 fully saturated rings. The molecule has 26 heavy (non-hydrogen) atoms. The standard InChI is InChI=1S/C22H20N2O2/c23-21(22(25)26-16-17-10-4-1-5-11-17)24-20(18-12-6-2-7-13-18)19-14-8-3-9-15-19/h1-15,21H,16,23H2. The number of aliphatic imine (C=N–C) groups is 1. The predicted octanol–water partition coefficient (Wildman–Crippen LogP) is 3.55. The topological polar surface area (TPSA) is 64.7 Å². The highest BCUT2D eigenvalue weighted by Crippen LogP contribution is 2.12. The number of carbonyl (C=O) groups is 1. The van der Waals surface area contributed by atoms with Crippen LogP contribution in [-0.2, 0) is 16.1 Å². The van der Waals surface area contributed by atoms with Crippen LogP contribution in [0.1, 0.15) is 16.7 Å². The summed E-state index contributed by atoms with van der Waals surface area (Å²) in [6.07, 6.45) is -1.09. The van der Waals surface area contributed by atoms with Gasteiger partial charge in [0.15, 0.2) is 6.17 Å². The quantitative estimate of drug-likeness (QED) is 0.549. The predicted molar refractivity (Wildman–Crippen MR) is 103 cm³/mol. The number of hydrogen-bond acceptors (Lipinski definition) is 4. The maximum Gasteiger partial charge on any atom is 0.345 e. The molecule has 0 spiro atoms. The van der Waals surface area contributed by atoms with Gasteiger partial charge in [-0.15, -0.1) is 0 Å². The third-order valence-corrected chi connectivity index (χ3v) is 3.83. The molecule has 130 valence electrons. The molecule has 0 amide bonds. The van der Waals surface area contributed by atoms with Gasteiger partial charge in [0, 0.05) is 11.1 Å². The fraction of sp³-hybridized carbons (Fsp3) is 0.0909. The molecule has 3 aromatic rings. The van der Waals surface area contributed by atoms with E-state index < -0.39 is 12.1 Å². The Balaban J connectivity index is 1.79. The van der Waals surface area contributed by atoms with Crippen molar-refractivity contribution in [2.24, 2.45) is 10.7 Å². The van der Waals surface area contributed by atoms with E-state index in [1.165, 1.54) is 0 Å². The number of nitrogens with zero attached hydrogens (tertiary/aromatic N) is 1. The van der Waals surface area contributed by atoms with Crippen LogP contribution in [0, 0.1) is 0 Å². The molecule has 4 heteroatoms. The van der Waals surface area contributed by atoms with Crippen LogP contribution in [0.3, 0.4) is 0 Å². The van der Waals surface area contributed by atoms with Gasteiger partial charge in [-0.3, -0.25) is 4.99 Å². The van der Waals surface area contributed by atoms with Crippen LogP contribution < -0.4 is 5.73 Å². The molecule has 0 saturated heterocycles. The molecular weight excluding hydrogens is 324 g/mol. The molecular formula is C22H20N2O2. The fourth-order valence-electron chi connectivity index (χ4n) is 2.51. The first-order valence-corrected chi connectivity index (χ1v) is 8.39. The van der Waals surface area contributed by atoms with Crippen molar-refractivity contribution < 1.29 is 9.53 Å². The molecule has 0 aromatic heterocycles. The molecule has 1 atom stereocenters. The Hall–Kier alpha value is -3.24. The summed E-state index contributed by atoms with van der Waals surface area (Å²) >= 11 is 0. The zero-order valence-electron chi connectivity index (χ0n) is 14.3. The van der Waals surface area contributed by atoms with Gasteiger partial charge in [0.25, 0.3) is 0 Å². The number of nitrogens with two attached hydrogens (primary N) is 1. The number of carbonyl (C=O) groups excluding carboxylic acids is 1. The zero-order chi connectivity index (χ0) is 18.2. The lowest BCUT2D eigenvalue weighted by Gasteiger charge is -2.12. The van der Waals surface area contributed by atoms with Gasteiger partial charge in [0.05, 0.1) is 5.71 Å². The Morgan fingerprint density at radius 3 is 1.77 bits per heavy atom. The van der Waals surface area contributed by atoms with E-state index in [-0.39, 0.29) is 6.61 Å². The molecule has 3 rings (SSSR count). The van der Waals surface area contributed by atoms with Crippen molar-refractivity contribution in [2.75, 3.05) is 0 Å². The van der Waals surface area contributed by atoms with E-state index >= 15 is 0 Å². The minimum atomic E-state index is -1.09. The van der Waals surface area contributed by atoms with Gasteiger partial charge in [-0.2, -0.15) is 0 Å². The highest BCUT2D eigenvalue weighted by molar-refractivity contribution is 6.13. The highest BCUT2D eigenvalue weighted by Gasteiger charge is 2.16. The molecule has 0 aliphatic rings. The van der Waals surface area contributed by atoms with Gasteiger partial charge in [-0.1, -0.05) is 91.0 Å². The summed E-state index contributed by atoms with van der Waals surface area (Å²) in [6.45, 7) is 0.175. The second kappa shape index (κ2) is 8.74. The Bertz CT molecular complexity index is 821. The molecule has 0 saturated carbocycles. The third-order valence-electron chi connectivity index (χ3n) is 3.83. The van der Waals surface area contributed by atoms with Gasteiger partial charge in [0.1, 0.15) is 6.61 Å². The molecule has 2 N–H and O–H groups in total. The van der Waals surface area contributed by atoms with Crippen molar-refractivity contribution in [3.63, 3.8) is 0 Å². The van der Waals surface area contributed by atoms with Crippen LogP contribution >= 0.6 is 0 Å². The van der Waals surface area contributed by atoms with Crippen molar-refractivity contribution >= 4 is 11.7 Å². The lowest BCUT2D eigenvalue weighted by atomic mass is 10.0. The number of ether oxygens (including phenoxy) is 1. The Labute approximate surface area is 153 Å². The Morgan fingerprint density at radius 2 is 1.27 bits per heavy atom. The summed E-state index contributed by atoms with van der Waals surface area (Å²) in [4.78, 5) is 16.7. The monoisotopic (exact) mass is 344 g/mol. The van der Waals surface area contributed by atoms with E-state index in [2.05, 4.69) is 4.99 Å². The fourth-order valence-corrected chi connectivity index (χ4v) is 2.51. The van der Waals surface area contributed by atoms with Gasteiger partial charge in [-0.05, 0) is 5.56 Å². The number of benzene rings is 3. The number of hydrogen-bond donors (Lipinski definition) is 1. The van der Waals surface area contributed by atoms with E-state index in [9.17, 15) is 4.79 Å². The van der Waals surface area contributed by atoms with Crippen molar-refractivity contribution in [3.05, 3.63) is 108 Å². The SMILES string of the molecule is NC(N=C(c1ccccc1)c1ccccc1)C(=O)OCc1ccccc1. The van der Waals surface area contributed by atoms with Crippen molar-refractivity contribution in [2.45, 2.75) is 12.8 Å². The maximum absolute atomic E-state index is 12.3. The summed E-state index contributed by atoms with van der Waals surface area (Å²) in [7, 11) is 0. The van der Waals surface area contributed by atoms with Crippen LogP contribution in [0.25, 0.3) is 0 Å². The third kappa shape index (κ3) is 4.65. The molecule has 0 radical (unpaired) electrons. The van der Waals surface area contributed by atoms with Crippen molar-refractivity contribution in [1.82, 2.24) is 0 Å². The molecule has 0 heterocycles. The first-order chi connectivity index (χ1) is 12.7. The van der Waals surface area contributed by atoms with Gasteiger partial charge in [-0.25, -0.2) is 4.79 Å². The van der Waals surface area contributed by atoms with Gasteiger partial charge < -0.3 is 10.5 Å². The molecule has 1 unspecified atom stereocenters. The summed E-state index contributed by atoms with van der Waals surface area (Å²) in [5.41, 5.74) is 9.35. The van der Waals surface area contributed by atoms with E-state index in [0.717, 1.165) is 16.7 Å². The lowest BCUT2D eigenvalue weighted by Crippen LogP contribution is -2.31. The molecule has 0 aliphatic heterocycles. The van der Waals surface area contributed by atoms with Crippen LogP contribution in [0.5, 0.6) is 0 Å². The average Bonchev–Trinajstić information content (AvgIpc) is 2.72. The Kier molecular flexibility index (Phi) is 5.91. The number of rotatable bonds is 6. The summed E-state index contributed by atoms with van der Waals surface area (Å²) < 4.78 is 5.29. The minimum absolute atomic E-state index is 0.175. The lowest BCUT2D eigenvalue weighted by molar-refractivity contribution is -0.146. The molecule has 3 aromatic carbocycles. The van der Waals surface area contributed by atoms with Crippen LogP contribution in [0.4, 0.5) is 0 Å². The van der Waals surface area contributed by atoms with Gasteiger partial charge >= 0.3 is 5.97 Å². The van der Waals surface area contributed by atoms with Crippen LogP contribution in [0.15, 0.2) is 96.0 Å². The van der Waals surface area contributed by atoms with E-state index in [1.807, 2.05) is 91.0 Å². The van der Waals surface area contributed by atoms with Crippen LogP contribution in [-0.4, -0.2) is 17.8 Å². The zero-order valence-corrected chi connectivity index (χ0v) is 14.3. The first kappa shape index (κ1) is 17.6. The summed E-state index contributed by atoms with van der Waals surface area (Å²) in [5, 5.41) is 0. The van der Waals surface area contributed by atoms with E-state index in [0.29, 0.717) is 5.71 Å². The van der Waals surface area contributed by atoms with Crippen molar-refractivity contribution in [3.8, 4) is 0 Å². The number of esters is 1.